The lowest BCUT2D eigenvalue weighted by Gasteiger charge is -2.38. The lowest BCUT2D eigenvalue weighted by atomic mass is 10.0. The molecular formula is C24H35N5O2. The summed E-state index contributed by atoms with van der Waals surface area (Å²) in [6.45, 7) is 12.6. The van der Waals surface area contributed by atoms with Crippen molar-refractivity contribution in [1.29, 1.82) is 0 Å². The van der Waals surface area contributed by atoms with Gasteiger partial charge in [0.05, 0.1) is 19.3 Å². The highest BCUT2D eigenvalue weighted by Crippen LogP contribution is 2.25. The minimum atomic E-state index is -0.318. The molecule has 2 fully saturated rings. The van der Waals surface area contributed by atoms with Crippen LogP contribution in [0.3, 0.4) is 0 Å². The second kappa shape index (κ2) is 10.5. The standard InChI is InChI=1S/C24H35N5O2/c1-19-23(16-21-6-4-3-5-7-21)24(26-20(2)25-19)29-10-8-27(9-11-29)17-22(30)18-28-12-14-31-15-13-28/h3-7,22,30H,8-18H2,1-2H3/t22-/m0/s1. The molecule has 0 amide bonds. The molecular weight excluding hydrogens is 390 g/mol. The van der Waals surface area contributed by atoms with Crippen molar-refractivity contribution in [2.24, 2.45) is 0 Å². The van der Waals surface area contributed by atoms with Gasteiger partial charge in [0.15, 0.2) is 0 Å². The number of morpholine rings is 1. The van der Waals surface area contributed by atoms with E-state index in [-0.39, 0.29) is 6.10 Å². The van der Waals surface area contributed by atoms with Crippen molar-refractivity contribution in [3.63, 3.8) is 0 Å². The van der Waals surface area contributed by atoms with E-state index in [9.17, 15) is 5.11 Å². The fraction of sp³-hybridized carbons (Fsp3) is 0.583. The molecule has 0 saturated carbocycles. The van der Waals surface area contributed by atoms with Gasteiger partial charge in [-0.1, -0.05) is 30.3 Å². The van der Waals surface area contributed by atoms with E-state index in [1.165, 1.54) is 11.1 Å². The molecule has 2 aromatic rings. The average Bonchev–Trinajstić information content (AvgIpc) is 2.77. The van der Waals surface area contributed by atoms with Crippen LogP contribution < -0.4 is 4.90 Å². The molecule has 1 aromatic heterocycles. The molecule has 7 nitrogen and oxygen atoms in total. The minimum Gasteiger partial charge on any atom is -0.390 e. The second-order valence-corrected chi connectivity index (χ2v) is 8.68. The molecule has 2 aliphatic heterocycles. The van der Waals surface area contributed by atoms with Gasteiger partial charge >= 0.3 is 0 Å². The van der Waals surface area contributed by atoms with Crippen molar-refractivity contribution in [1.82, 2.24) is 19.8 Å². The maximum atomic E-state index is 10.6. The lowest BCUT2D eigenvalue weighted by Crippen LogP contribution is -2.51. The molecule has 7 heteroatoms. The van der Waals surface area contributed by atoms with Crippen molar-refractivity contribution in [2.75, 3.05) is 70.5 Å². The molecule has 0 aliphatic carbocycles. The predicted octanol–water partition coefficient (Wildman–Crippen LogP) is 1.50. The monoisotopic (exact) mass is 425 g/mol. The Bertz CT molecular complexity index is 833. The topological polar surface area (TPSA) is 65.0 Å². The van der Waals surface area contributed by atoms with Crippen molar-refractivity contribution >= 4 is 5.82 Å². The van der Waals surface area contributed by atoms with E-state index in [1.54, 1.807) is 0 Å². The fourth-order valence-electron chi connectivity index (χ4n) is 4.57. The number of aryl methyl sites for hydroxylation is 2. The van der Waals surface area contributed by atoms with E-state index in [4.69, 9.17) is 9.72 Å². The number of ether oxygens (including phenoxy) is 1. The Labute approximate surface area is 185 Å². The summed E-state index contributed by atoms with van der Waals surface area (Å²) in [6, 6.07) is 10.5. The van der Waals surface area contributed by atoms with Crippen LogP contribution in [0, 0.1) is 13.8 Å². The summed E-state index contributed by atoms with van der Waals surface area (Å²) in [5, 5.41) is 10.6. The molecule has 2 aliphatic rings. The number of hydrogen-bond donors (Lipinski definition) is 1. The molecule has 31 heavy (non-hydrogen) atoms. The molecule has 168 valence electrons. The van der Waals surface area contributed by atoms with E-state index in [0.29, 0.717) is 0 Å². The fourth-order valence-corrected chi connectivity index (χ4v) is 4.57. The van der Waals surface area contributed by atoms with Gasteiger partial charge in [-0.3, -0.25) is 9.80 Å². The lowest BCUT2D eigenvalue weighted by molar-refractivity contribution is 0.00655. The third-order valence-electron chi connectivity index (χ3n) is 6.24. The first-order chi connectivity index (χ1) is 15.1. The maximum absolute atomic E-state index is 10.6. The third kappa shape index (κ3) is 6.01. The van der Waals surface area contributed by atoms with Gasteiger partial charge in [-0.2, -0.15) is 0 Å². The van der Waals surface area contributed by atoms with Crippen molar-refractivity contribution < 1.29 is 9.84 Å². The van der Waals surface area contributed by atoms with Crippen LogP contribution in [0.5, 0.6) is 0 Å². The van der Waals surface area contributed by atoms with Gasteiger partial charge in [0, 0.05) is 70.0 Å². The number of aromatic nitrogens is 2. The number of aliphatic hydroxyl groups is 1. The van der Waals surface area contributed by atoms with Crippen LogP contribution in [-0.4, -0.2) is 96.6 Å². The number of nitrogens with zero attached hydrogens (tertiary/aromatic N) is 5. The van der Waals surface area contributed by atoms with Crippen LogP contribution in [0.2, 0.25) is 0 Å². The van der Waals surface area contributed by atoms with Crippen LogP contribution in [0.15, 0.2) is 30.3 Å². The second-order valence-electron chi connectivity index (χ2n) is 8.68. The van der Waals surface area contributed by atoms with Crippen LogP contribution in [-0.2, 0) is 11.2 Å². The summed E-state index contributed by atoms with van der Waals surface area (Å²) in [5.41, 5.74) is 3.57. The van der Waals surface area contributed by atoms with E-state index in [2.05, 4.69) is 56.9 Å². The van der Waals surface area contributed by atoms with Crippen molar-refractivity contribution in [3.05, 3.63) is 53.0 Å². The van der Waals surface area contributed by atoms with Gasteiger partial charge in [-0.25, -0.2) is 9.97 Å². The Kier molecular flexibility index (Phi) is 7.50. The predicted molar refractivity (Wildman–Crippen MR) is 123 cm³/mol. The number of benzene rings is 1. The zero-order chi connectivity index (χ0) is 21.6. The number of β-amino-alcohol motifs (C(OH)–C–C–N with tert-alkyl or cyclic N) is 1. The molecule has 1 atom stereocenters. The number of hydrogen-bond acceptors (Lipinski definition) is 7. The Hall–Kier alpha value is -2.06. The summed E-state index contributed by atoms with van der Waals surface area (Å²) in [6.07, 6.45) is 0.530. The van der Waals surface area contributed by atoms with Crippen LogP contribution in [0.25, 0.3) is 0 Å². The van der Waals surface area contributed by atoms with Crippen molar-refractivity contribution in [3.8, 4) is 0 Å². The largest absolute Gasteiger partial charge is 0.390 e. The third-order valence-corrected chi connectivity index (χ3v) is 6.24. The Morgan fingerprint density at radius 2 is 1.55 bits per heavy atom. The summed E-state index contributed by atoms with van der Waals surface area (Å²) >= 11 is 0. The number of aliphatic hydroxyl groups excluding tert-OH is 1. The SMILES string of the molecule is Cc1nc(C)c(Cc2ccccc2)c(N2CCN(C[C@H](O)CN3CCOCC3)CC2)n1. The first kappa shape index (κ1) is 22.1. The van der Waals surface area contributed by atoms with Crippen LogP contribution in [0.4, 0.5) is 5.82 Å². The summed E-state index contributed by atoms with van der Waals surface area (Å²) < 4.78 is 5.40. The zero-order valence-corrected chi connectivity index (χ0v) is 18.8. The van der Waals surface area contributed by atoms with E-state index in [0.717, 1.165) is 89.3 Å². The van der Waals surface area contributed by atoms with Gasteiger partial charge in [0.25, 0.3) is 0 Å². The molecule has 4 rings (SSSR count). The quantitative estimate of drug-likeness (QED) is 0.721. The first-order valence-electron chi connectivity index (χ1n) is 11.4. The summed E-state index contributed by atoms with van der Waals surface area (Å²) in [4.78, 5) is 16.6. The van der Waals surface area contributed by atoms with Gasteiger partial charge < -0.3 is 14.7 Å². The van der Waals surface area contributed by atoms with Crippen LogP contribution >= 0.6 is 0 Å². The van der Waals surface area contributed by atoms with E-state index >= 15 is 0 Å². The van der Waals surface area contributed by atoms with E-state index < -0.39 is 0 Å². The number of anilines is 1. The van der Waals surface area contributed by atoms with Gasteiger partial charge in [0.1, 0.15) is 11.6 Å². The molecule has 1 N–H and O–H groups in total. The molecule has 3 heterocycles. The first-order valence-corrected chi connectivity index (χ1v) is 11.4. The molecule has 1 aromatic carbocycles. The molecule has 0 radical (unpaired) electrons. The van der Waals surface area contributed by atoms with Gasteiger partial charge in [0.2, 0.25) is 0 Å². The summed E-state index contributed by atoms with van der Waals surface area (Å²) in [5.74, 6) is 1.90. The highest BCUT2D eigenvalue weighted by atomic mass is 16.5. The molecule has 2 saturated heterocycles. The minimum absolute atomic E-state index is 0.318. The number of piperazine rings is 1. The average molecular weight is 426 g/mol. The van der Waals surface area contributed by atoms with Crippen molar-refractivity contribution in [2.45, 2.75) is 26.4 Å². The Morgan fingerprint density at radius 3 is 2.23 bits per heavy atom. The van der Waals surface area contributed by atoms with E-state index in [1.807, 2.05) is 6.92 Å². The summed E-state index contributed by atoms with van der Waals surface area (Å²) in [7, 11) is 0. The van der Waals surface area contributed by atoms with Crippen LogP contribution in [0.1, 0.15) is 22.6 Å². The normalized spacial score (nSPS) is 19.5. The molecule has 0 spiro atoms. The molecule has 0 unspecified atom stereocenters. The number of rotatable bonds is 7. The maximum Gasteiger partial charge on any atom is 0.136 e. The highest BCUT2D eigenvalue weighted by Gasteiger charge is 2.24. The van der Waals surface area contributed by atoms with Gasteiger partial charge in [-0.15, -0.1) is 0 Å². The van der Waals surface area contributed by atoms with Gasteiger partial charge in [-0.05, 0) is 19.4 Å². The molecule has 0 bridgehead atoms. The Balaban J connectivity index is 1.37. The Morgan fingerprint density at radius 1 is 0.903 bits per heavy atom. The highest BCUT2D eigenvalue weighted by molar-refractivity contribution is 5.51. The smallest absolute Gasteiger partial charge is 0.136 e. The zero-order valence-electron chi connectivity index (χ0n) is 18.8.